The molecule has 0 radical (unpaired) electrons. The van der Waals surface area contributed by atoms with Gasteiger partial charge in [-0.05, 0) is 23.8 Å². The third-order valence-corrected chi connectivity index (χ3v) is 3.37. The van der Waals surface area contributed by atoms with E-state index in [1.165, 1.54) is 0 Å². The maximum Gasteiger partial charge on any atom is 0.186 e. The van der Waals surface area contributed by atoms with Crippen LogP contribution in [0.3, 0.4) is 0 Å². The fraction of sp³-hybridized carbons (Fsp3) is 0.0625. The third kappa shape index (κ3) is 2.78. The first-order chi connectivity index (χ1) is 10.3. The van der Waals surface area contributed by atoms with Gasteiger partial charge in [0.1, 0.15) is 6.07 Å². The van der Waals surface area contributed by atoms with Crippen molar-refractivity contribution in [1.82, 2.24) is 10.2 Å². The summed E-state index contributed by atoms with van der Waals surface area (Å²) in [7, 11) is 0. The van der Waals surface area contributed by atoms with Gasteiger partial charge in [0, 0.05) is 17.0 Å². The molecule has 0 aliphatic rings. The quantitative estimate of drug-likeness (QED) is 0.799. The molecule has 0 atom stereocenters. The minimum Gasteiger partial charge on any atom is -0.378 e. The van der Waals surface area contributed by atoms with E-state index >= 15 is 0 Å². The minimum absolute atomic E-state index is 0.288. The summed E-state index contributed by atoms with van der Waals surface area (Å²) in [6.07, 6.45) is 0. The standard InChI is InChI=1S/C16H11ClN4/c17-12-5-3-4-11(8-12)10-19-16-13-6-1-2-7-14(13)20-21-15(16)9-18/h1-8H,10H2,(H,19,20). The molecule has 1 N–H and O–H groups in total. The number of fused-ring (bicyclic) bond motifs is 1. The molecule has 3 rings (SSSR count). The highest BCUT2D eigenvalue weighted by Crippen LogP contribution is 2.24. The number of anilines is 1. The Morgan fingerprint density at radius 3 is 2.76 bits per heavy atom. The molecular formula is C16H11ClN4. The van der Waals surface area contributed by atoms with Gasteiger partial charge in [-0.15, -0.1) is 10.2 Å². The molecule has 3 aromatic rings. The summed E-state index contributed by atoms with van der Waals surface area (Å²) in [5.74, 6) is 0. The zero-order valence-electron chi connectivity index (χ0n) is 11.0. The molecule has 0 spiro atoms. The second-order valence-corrected chi connectivity index (χ2v) is 4.97. The molecule has 102 valence electrons. The molecule has 0 unspecified atom stereocenters. The van der Waals surface area contributed by atoms with Gasteiger partial charge in [0.2, 0.25) is 0 Å². The summed E-state index contributed by atoms with van der Waals surface area (Å²) in [6, 6.07) is 17.3. The summed E-state index contributed by atoms with van der Waals surface area (Å²) in [4.78, 5) is 0. The first kappa shape index (κ1) is 13.3. The molecule has 0 bridgehead atoms. The molecule has 0 saturated carbocycles. The van der Waals surface area contributed by atoms with Gasteiger partial charge in [0.05, 0.1) is 11.2 Å². The topological polar surface area (TPSA) is 61.6 Å². The molecular weight excluding hydrogens is 284 g/mol. The van der Waals surface area contributed by atoms with Crippen LogP contribution in [0.4, 0.5) is 5.69 Å². The van der Waals surface area contributed by atoms with Crippen LogP contribution in [-0.4, -0.2) is 10.2 Å². The van der Waals surface area contributed by atoms with Crippen molar-refractivity contribution >= 4 is 28.2 Å². The van der Waals surface area contributed by atoms with E-state index in [-0.39, 0.29) is 5.69 Å². The van der Waals surface area contributed by atoms with E-state index in [2.05, 4.69) is 21.6 Å². The number of hydrogen-bond donors (Lipinski definition) is 1. The Morgan fingerprint density at radius 2 is 1.95 bits per heavy atom. The average Bonchev–Trinajstić information content (AvgIpc) is 2.52. The summed E-state index contributed by atoms with van der Waals surface area (Å²) in [5.41, 5.74) is 2.77. The van der Waals surface area contributed by atoms with Crippen LogP contribution in [0.5, 0.6) is 0 Å². The van der Waals surface area contributed by atoms with Gasteiger partial charge >= 0.3 is 0 Å². The number of benzene rings is 2. The third-order valence-electron chi connectivity index (χ3n) is 3.13. The highest BCUT2D eigenvalue weighted by molar-refractivity contribution is 6.30. The molecule has 5 heteroatoms. The lowest BCUT2D eigenvalue weighted by atomic mass is 10.1. The van der Waals surface area contributed by atoms with Gasteiger partial charge in [-0.1, -0.05) is 41.9 Å². The van der Waals surface area contributed by atoms with Crippen molar-refractivity contribution in [3.63, 3.8) is 0 Å². The van der Waals surface area contributed by atoms with E-state index < -0.39 is 0 Å². The smallest absolute Gasteiger partial charge is 0.186 e. The molecule has 2 aromatic carbocycles. The highest BCUT2D eigenvalue weighted by atomic mass is 35.5. The molecule has 4 nitrogen and oxygen atoms in total. The van der Waals surface area contributed by atoms with Crippen LogP contribution in [0.25, 0.3) is 10.9 Å². The minimum atomic E-state index is 0.288. The summed E-state index contributed by atoms with van der Waals surface area (Å²) < 4.78 is 0. The van der Waals surface area contributed by atoms with E-state index in [0.717, 1.165) is 16.5 Å². The number of rotatable bonds is 3. The molecule has 0 aliphatic carbocycles. The van der Waals surface area contributed by atoms with Crippen LogP contribution < -0.4 is 5.32 Å². The SMILES string of the molecule is N#Cc1nnc2ccccc2c1NCc1cccc(Cl)c1. The molecule has 0 amide bonds. The van der Waals surface area contributed by atoms with Crippen molar-refractivity contribution in [1.29, 1.82) is 5.26 Å². The van der Waals surface area contributed by atoms with E-state index in [4.69, 9.17) is 11.6 Å². The Kier molecular flexibility index (Phi) is 3.67. The van der Waals surface area contributed by atoms with E-state index in [1.807, 2.05) is 48.5 Å². The van der Waals surface area contributed by atoms with Gasteiger partial charge in [-0.3, -0.25) is 0 Å². The van der Waals surface area contributed by atoms with E-state index in [9.17, 15) is 5.26 Å². The Morgan fingerprint density at radius 1 is 1.10 bits per heavy atom. The number of halogens is 1. The van der Waals surface area contributed by atoms with Gasteiger partial charge in [0.25, 0.3) is 0 Å². The highest BCUT2D eigenvalue weighted by Gasteiger charge is 2.09. The zero-order chi connectivity index (χ0) is 14.7. The lowest BCUT2D eigenvalue weighted by Gasteiger charge is -2.10. The second-order valence-electron chi connectivity index (χ2n) is 4.54. The lowest BCUT2D eigenvalue weighted by Crippen LogP contribution is -2.04. The maximum absolute atomic E-state index is 9.21. The summed E-state index contributed by atoms with van der Waals surface area (Å²) in [5, 5.41) is 22.0. The number of aromatic nitrogens is 2. The monoisotopic (exact) mass is 294 g/mol. The predicted molar refractivity (Wildman–Crippen MR) is 83.0 cm³/mol. The van der Waals surface area contributed by atoms with Crippen molar-refractivity contribution in [3.8, 4) is 6.07 Å². The van der Waals surface area contributed by atoms with E-state index in [0.29, 0.717) is 17.3 Å². The predicted octanol–water partition coefficient (Wildman–Crippen LogP) is 3.77. The summed E-state index contributed by atoms with van der Waals surface area (Å²) in [6.45, 7) is 0.560. The molecule has 0 saturated heterocycles. The number of nitrogens with zero attached hydrogens (tertiary/aromatic N) is 3. The first-order valence-corrected chi connectivity index (χ1v) is 6.79. The van der Waals surface area contributed by atoms with Crippen molar-refractivity contribution in [2.24, 2.45) is 0 Å². The van der Waals surface area contributed by atoms with Crippen LogP contribution in [0.1, 0.15) is 11.3 Å². The van der Waals surface area contributed by atoms with Crippen molar-refractivity contribution in [2.45, 2.75) is 6.54 Å². The van der Waals surface area contributed by atoms with E-state index in [1.54, 1.807) is 0 Å². The van der Waals surface area contributed by atoms with Crippen molar-refractivity contribution in [3.05, 3.63) is 64.8 Å². The van der Waals surface area contributed by atoms with Crippen LogP contribution in [0.2, 0.25) is 5.02 Å². The normalized spacial score (nSPS) is 10.3. The van der Waals surface area contributed by atoms with Crippen LogP contribution in [0, 0.1) is 11.3 Å². The number of hydrogen-bond acceptors (Lipinski definition) is 4. The van der Waals surface area contributed by atoms with Gasteiger partial charge in [-0.25, -0.2) is 0 Å². The summed E-state index contributed by atoms with van der Waals surface area (Å²) >= 11 is 5.98. The van der Waals surface area contributed by atoms with Crippen molar-refractivity contribution < 1.29 is 0 Å². The maximum atomic E-state index is 9.21. The number of nitriles is 1. The van der Waals surface area contributed by atoms with Crippen LogP contribution >= 0.6 is 11.6 Å². The average molecular weight is 295 g/mol. The van der Waals surface area contributed by atoms with Crippen molar-refractivity contribution in [2.75, 3.05) is 5.32 Å². The lowest BCUT2D eigenvalue weighted by molar-refractivity contribution is 1.04. The first-order valence-electron chi connectivity index (χ1n) is 6.42. The fourth-order valence-electron chi connectivity index (χ4n) is 2.15. The molecule has 0 fully saturated rings. The Balaban J connectivity index is 1.98. The zero-order valence-corrected chi connectivity index (χ0v) is 11.8. The molecule has 21 heavy (non-hydrogen) atoms. The van der Waals surface area contributed by atoms with Gasteiger partial charge in [0.15, 0.2) is 5.69 Å². The van der Waals surface area contributed by atoms with Gasteiger partial charge in [-0.2, -0.15) is 5.26 Å². The van der Waals surface area contributed by atoms with Crippen LogP contribution in [0.15, 0.2) is 48.5 Å². The molecule has 1 heterocycles. The largest absolute Gasteiger partial charge is 0.378 e. The Labute approximate surface area is 127 Å². The Bertz CT molecular complexity index is 839. The second kappa shape index (κ2) is 5.78. The van der Waals surface area contributed by atoms with Gasteiger partial charge < -0.3 is 5.32 Å². The molecule has 1 aromatic heterocycles. The van der Waals surface area contributed by atoms with Crippen LogP contribution in [-0.2, 0) is 6.54 Å². The Hall–Kier alpha value is -2.64. The fourth-order valence-corrected chi connectivity index (χ4v) is 2.36. The number of nitrogens with one attached hydrogen (secondary N) is 1. The molecule has 0 aliphatic heterocycles.